The lowest BCUT2D eigenvalue weighted by molar-refractivity contribution is 0.102. The van der Waals surface area contributed by atoms with E-state index < -0.39 is 5.91 Å². The van der Waals surface area contributed by atoms with Crippen LogP contribution in [0.3, 0.4) is 0 Å². The first-order valence-electron chi connectivity index (χ1n) is 10.4. The van der Waals surface area contributed by atoms with E-state index in [2.05, 4.69) is 30.8 Å². The number of hydrogen-bond donors (Lipinski definition) is 3. The minimum absolute atomic E-state index is 0. The Morgan fingerprint density at radius 1 is 0.833 bits per heavy atom. The van der Waals surface area contributed by atoms with Crippen molar-refractivity contribution in [2.45, 2.75) is 6.42 Å². The number of aromatic nitrogens is 2. The van der Waals surface area contributed by atoms with Crippen molar-refractivity contribution in [2.24, 2.45) is 0 Å². The minimum Gasteiger partial charge on any atom is -0.355 e. The molecule has 0 aliphatic carbocycles. The van der Waals surface area contributed by atoms with Crippen LogP contribution in [0.2, 0.25) is 10.0 Å². The number of nitrogens with zero attached hydrogens (tertiary/aromatic N) is 3. The quantitative estimate of drug-likeness (QED) is 0.368. The second-order valence-corrected chi connectivity index (χ2v) is 8.33. The molecule has 4 rings (SSSR count). The molecule has 0 spiro atoms. The lowest BCUT2D eigenvalue weighted by Gasteiger charge is -2.21. The Kier molecular flexibility index (Phi) is 13.2. The van der Waals surface area contributed by atoms with Crippen LogP contribution in [0, 0.1) is 0 Å². The largest absolute Gasteiger partial charge is 0.355 e. The van der Waals surface area contributed by atoms with Gasteiger partial charge in [0.1, 0.15) is 11.6 Å². The summed E-state index contributed by atoms with van der Waals surface area (Å²) in [5.74, 6) is 0.306. The van der Waals surface area contributed by atoms with Crippen molar-refractivity contribution in [3.05, 3.63) is 76.0 Å². The summed E-state index contributed by atoms with van der Waals surface area (Å²) in [7, 11) is 0. The predicted molar refractivity (Wildman–Crippen MR) is 152 cm³/mol. The molecule has 2 amide bonds. The van der Waals surface area contributed by atoms with Gasteiger partial charge >= 0.3 is 0 Å². The Bertz CT molecular complexity index is 1140. The smallest absolute Gasteiger partial charge is 0.258 e. The molecule has 1 fully saturated rings. The maximum atomic E-state index is 12.8. The van der Waals surface area contributed by atoms with Crippen LogP contribution < -0.4 is 20.9 Å². The summed E-state index contributed by atoms with van der Waals surface area (Å²) in [5, 5.41) is 9.62. The number of carbonyl (C=O) groups is 2. The van der Waals surface area contributed by atoms with Crippen molar-refractivity contribution in [1.29, 1.82) is 0 Å². The molecule has 8 nitrogen and oxygen atoms in total. The number of benzene rings is 1. The molecule has 0 atom stereocenters. The van der Waals surface area contributed by atoms with Crippen molar-refractivity contribution in [3.63, 3.8) is 0 Å². The second-order valence-electron chi connectivity index (χ2n) is 7.46. The average Bonchev–Trinajstić information content (AvgIpc) is 3.11. The van der Waals surface area contributed by atoms with Gasteiger partial charge in [-0.2, -0.15) is 0 Å². The predicted octanol–water partition coefficient (Wildman–Crippen LogP) is 5.35. The molecule has 3 heterocycles. The van der Waals surface area contributed by atoms with E-state index in [0.717, 1.165) is 38.4 Å². The van der Waals surface area contributed by atoms with E-state index in [-0.39, 0.29) is 48.7 Å². The van der Waals surface area contributed by atoms with Gasteiger partial charge in [0.25, 0.3) is 11.8 Å². The first-order chi connectivity index (χ1) is 16.0. The lowest BCUT2D eigenvalue weighted by atomic mass is 10.1. The van der Waals surface area contributed by atoms with Gasteiger partial charge in [-0.3, -0.25) is 9.59 Å². The Hall–Kier alpha value is -2.33. The number of carbonyl (C=O) groups excluding carboxylic acids is 2. The second kappa shape index (κ2) is 15.0. The standard InChI is InChI=1S/C23H22Cl2N6O2.3ClH/c24-16-3-5-19(18(12-16)23(33)30-20-6-4-17(25)14-27-20)29-22(32)15-2-7-21(28-13-15)31-10-1-8-26-9-11-31;;;/h2-7,12-14,26H,1,8-11H2,(H,29,32)(H,27,30,33);3*1H. The van der Waals surface area contributed by atoms with Crippen LogP contribution in [0.4, 0.5) is 17.3 Å². The average molecular weight is 595 g/mol. The maximum Gasteiger partial charge on any atom is 0.258 e. The molecule has 1 aliphatic rings. The van der Waals surface area contributed by atoms with Crippen LogP contribution in [0.25, 0.3) is 0 Å². The van der Waals surface area contributed by atoms with Crippen LogP contribution in [-0.2, 0) is 0 Å². The Balaban J connectivity index is 0.00000216. The number of amides is 2. The van der Waals surface area contributed by atoms with E-state index in [9.17, 15) is 9.59 Å². The van der Waals surface area contributed by atoms with E-state index in [0.29, 0.717) is 27.1 Å². The Morgan fingerprint density at radius 3 is 2.31 bits per heavy atom. The van der Waals surface area contributed by atoms with Gasteiger partial charge in [0, 0.05) is 37.1 Å². The summed E-state index contributed by atoms with van der Waals surface area (Å²) in [6, 6.07) is 11.4. The Labute approximate surface area is 237 Å². The molecule has 3 N–H and O–H groups in total. The van der Waals surface area contributed by atoms with Crippen LogP contribution in [0.15, 0.2) is 54.9 Å². The molecule has 194 valence electrons. The Morgan fingerprint density at radius 2 is 1.61 bits per heavy atom. The van der Waals surface area contributed by atoms with Crippen molar-refractivity contribution in [2.75, 3.05) is 41.7 Å². The normalized spacial score (nSPS) is 12.7. The van der Waals surface area contributed by atoms with Crippen LogP contribution >= 0.6 is 60.4 Å². The fourth-order valence-electron chi connectivity index (χ4n) is 3.42. The zero-order valence-corrected chi connectivity index (χ0v) is 22.8. The van der Waals surface area contributed by atoms with Crippen molar-refractivity contribution >= 4 is 89.6 Å². The first-order valence-corrected chi connectivity index (χ1v) is 11.2. The van der Waals surface area contributed by atoms with Gasteiger partial charge < -0.3 is 20.9 Å². The van der Waals surface area contributed by atoms with E-state index in [1.54, 1.807) is 30.3 Å². The number of hydrogen-bond acceptors (Lipinski definition) is 6. The van der Waals surface area contributed by atoms with Crippen molar-refractivity contribution in [1.82, 2.24) is 15.3 Å². The highest BCUT2D eigenvalue weighted by Crippen LogP contribution is 2.23. The molecular formula is C23H25Cl5N6O2. The molecule has 0 unspecified atom stereocenters. The SMILES string of the molecule is Cl.Cl.Cl.O=C(Nc1ccc(Cl)cc1C(=O)Nc1ccc(Cl)cn1)c1ccc(N2CCCNCC2)nc1. The molecular weight excluding hydrogens is 570 g/mol. The van der Waals surface area contributed by atoms with Gasteiger partial charge in [0.2, 0.25) is 0 Å². The third-order valence-electron chi connectivity index (χ3n) is 5.12. The lowest BCUT2D eigenvalue weighted by Crippen LogP contribution is -2.28. The monoisotopic (exact) mass is 592 g/mol. The molecule has 0 saturated carbocycles. The molecule has 2 aromatic heterocycles. The molecule has 3 aromatic rings. The fourth-order valence-corrected chi connectivity index (χ4v) is 3.71. The molecule has 0 radical (unpaired) electrons. The molecule has 1 aromatic carbocycles. The molecule has 1 aliphatic heterocycles. The number of rotatable bonds is 5. The highest BCUT2D eigenvalue weighted by atomic mass is 35.5. The summed E-state index contributed by atoms with van der Waals surface area (Å²) in [5.41, 5.74) is 0.903. The van der Waals surface area contributed by atoms with Gasteiger partial charge in [-0.05, 0) is 55.4 Å². The zero-order valence-electron chi connectivity index (χ0n) is 18.9. The van der Waals surface area contributed by atoms with Crippen LogP contribution in [0.5, 0.6) is 0 Å². The van der Waals surface area contributed by atoms with E-state index in [4.69, 9.17) is 23.2 Å². The highest BCUT2D eigenvalue weighted by molar-refractivity contribution is 6.31. The summed E-state index contributed by atoms with van der Waals surface area (Å²) in [6.07, 6.45) is 4.00. The fraction of sp³-hybridized carbons (Fsp3) is 0.217. The third-order valence-corrected chi connectivity index (χ3v) is 5.58. The van der Waals surface area contributed by atoms with Crippen LogP contribution in [0.1, 0.15) is 27.1 Å². The van der Waals surface area contributed by atoms with Gasteiger partial charge in [-0.15, -0.1) is 37.2 Å². The zero-order chi connectivity index (χ0) is 23.2. The van der Waals surface area contributed by atoms with Gasteiger partial charge in [0.05, 0.1) is 21.8 Å². The van der Waals surface area contributed by atoms with Crippen molar-refractivity contribution in [3.8, 4) is 0 Å². The number of nitrogens with one attached hydrogen (secondary N) is 3. The van der Waals surface area contributed by atoms with Crippen LogP contribution in [-0.4, -0.2) is 48.0 Å². The molecule has 13 heteroatoms. The number of anilines is 3. The van der Waals surface area contributed by atoms with E-state index in [1.165, 1.54) is 18.5 Å². The number of pyridine rings is 2. The topological polar surface area (TPSA) is 99.2 Å². The summed E-state index contributed by atoms with van der Waals surface area (Å²) in [6.45, 7) is 3.67. The minimum atomic E-state index is -0.467. The number of halogens is 5. The molecule has 36 heavy (non-hydrogen) atoms. The summed E-state index contributed by atoms with van der Waals surface area (Å²) < 4.78 is 0. The summed E-state index contributed by atoms with van der Waals surface area (Å²) >= 11 is 11.9. The highest BCUT2D eigenvalue weighted by Gasteiger charge is 2.17. The summed E-state index contributed by atoms with van der Waals surface area (Å²) in [4.78, 5) is 36.4. The molecule has 1 saturated heterocycles. The van der Waals surface area contributed by atoms with E-state index in [1.807, 2.05) is 6.07 Å². The molecule has 0 bridgehead atoms. The van der Waals surface area contributed by atoms with Gasteiger partial charge in [-0.25, -0.2) is 9.97 Å². The van der Waals surface area contributed by atoms with Gasteiger partial charge in [-0.1, -0.05) is 23.2 Å². The first kappa shape index (κ1) is 31.7. The third kappa shape index (κ3) is 8.37. The van der Waals surface area contributed by atoms with Gasteiger partial charge in [0.15, 0.2) is 0 Å². The maximum absolute atomic E-state index is 12.8. The van der Waals surface area contributed by atoms with Crippen molar-refractivity contribution < 1.29 is 9.59 Å². The van der Waals surface area contributed by atoms with E-state index >= 15 is 0 Å².